The van der Waals surface area contributed by atoms with Crippen LogP contribution in [0.2, 0.25) is 0 Å². The molecule has 1 heterocycles. The molecule has 0 fully saturated rings. The Morgan fingerprint density at radius 1 is 0.882 bits per heavy atom. The Kier molecular flexibility index (Phi) is 2.22. The van der Waals surface area contributed by atoms with E-state index in [4.69, 9.17) is 0 Å². The fraction of sp³-hybridized carbons (Fsp3) is 0.133. The minimum atomic E-state index is 1.04. The zero-order valence-corrected chi connectivity index (χ0v) is 10.0. The maximum Gasteiger partial charge on any atom is 0.100 e. The van der Waals surface area contributed by atoms with Crippen LogP contribution in [0.3, 0.4) is 0 Å². The van der Waals surface area contributed by atoms with Gasteiger partial charge in [-0.25, -0.2) is 4.98 Å². The number of rotatable bonds is 1. The maximum absolute atomic E-state index is 4.44. The molecule has 0 saturated heterocycles. The minimum Gasteiger partial charge on any atom is -0.298 e. The summed E-state index contributed by atoms with van der Waals surface area (Å²) < 4.78 is 2.17. The van der Waals surface area contributed by atoms with Gasteiger partial charge in [0.1, 0.15) is 6.33 Å². The van der Waals surface area contributed by atoms with Crippen molar-refractivity contribution in [2.24, 2.45) is 0 Å². The molecule has 0 atom stereocenters. The SMILES string of the molecule is Cc1cccc(C)c1-n1cnc2ccccc21. The molecule has 3 aromatic rings. The molecule has 0 aliphatic rings. The first-order chi connectivity index (χ1) is 8.27. The van der Waals surface area contributed by atoms with Crippen LogP contribution in [-0.2, 0) is 0 Å². The quantitative estimate of drug-likeness (QED) is 0.614. The van der Waals surface area contributed by atoms with Crippen LogP contribution in [0.5, 0.6) is 0 Å². The Morgan fingerprint density at radius 3 is 2.35 bits per heavy atom. The van der Waals surface area contributed by atoms with Crippen LogP contribution < -0.4 is 0 Å². The molecule has 17 heavy (non-hydrogen) atoms. The number of aromatic nitrogens is 2. The lowest BCUT2D eigenvalue weighted by Gasteiger charge is -2.11. The first-order valence-corrected chi connectivity index (χ1v) is 5.76. The van der Waals surface area contributed by atoms with Crippen molar-refractivity contribution in [1.29, 1.82) is 0 Å². The Balaban J connectivity index is 2.35. The molecule has 2 nitrogen and oxygen atoms in total. The van der Waals surface area contributed by atoms with Gasteiger partial charge in [-0.3, -0.25) is 4.57 Å². The fourth-order valence-electron chi connectivity index (χ4n) is 2.32. The normalized spacial score (nSPS) is 10.9. The summed E-state index contributed by atoms with van der Waals surface area (Å²) in [6.45, 7) is 4.27. The highest BCUT2D eigenvalue weighted by molar-refractivity contribution is 5.77. The van der Waals surface area contributed by atoms with Crippen LogP contribution >= 0.6 is 0 Å². The van der Waals surface area contributed by atoms with Crippen LogP contribution in [0.1, 0.15) is 11.1 Å². The molecule has 2 heteroatoms. The molecule has 0 unspecified atom stereocenters. The second-order valence-electron chi connectivity index (χ2n) is 4.34. The third-order valence-corrected chi connectivity index (χ3v) is 3.13. The van der Waals surface area contributed by atoms with Gasteiger partial charge in [0, 0.05) is 0 Å². The monoisotopic (exact) mass is 222 g/mol. The number of benzene rings is 2. The Bertz CT molecular complexity index is 660. The number of imidazole rings is 1. The lowest BCUT2D eigenvalue weighted by molar-refractivity contribution is 1.05. The molecule has 0 saturated carbocycles. The summed E-state index contributed by atoms with van der Waals surface area (Å²) in [5, 5.41) is 0. The van der Waals surface area contributed by atoms with Crippen molar-refractivity contribution in [3.8, 4) is 5.69 Å². The molecular formula is C15H14N2. The Labute approximate surface area is 101 Å². The molecule has 0 bridgehead atoms. The Morgan fingerprint density at radius 2 is 1.59 bits per heavy atom. The van der Waals surface area contributed by atoms with Crippen LogP contribution in [0.25, 0.3) is 16.7 Å². The van der Waals surface area contributed by atoms with Gasteiger partial charge in [0.25, 0.3) is 0 Å². The van der Waals surface area contributed by atoms with Gasteiger partial charge in [-0.05, 0) is 37.1 Å². The first kappa shape index (κ1) is 10.1. The zero-order valence-electron chi connectivity index (χ0n) is 10.0. The standard InChI is InChI=1S/C15H14N2/c1-11-6-5-7-12(2)15(11)17-10-16-13-8-3-4-9-14(13)17/h3-10H,1-2H3. The third-order valence-electron chi connectivity index (χ3n) is 3.13. The summed E-state index contributed by atoms with van der Waals surface area (Å²) in [7, 11) is 0. The topological polar surface area (TPSA) is 17.8 Å². The number of aryl methyl sites for hydroxylation is 2. The van der Waals surface area contributed by atoms with E-state index in [1.165, 1.54) is 16.8 Å². The summed E-state index contributed by atoms with van der Waals surface area (Å²) in [6, 6.07) is 14.6. The summed E-state index contributed by atoms with van der Waals surface area (Å²) in [5.41, 5.74) is 5.97. The maximum atomic E-state index is 4.44. The third kappa shape index (κ3) is 1.53. The van der Waals surface area contributed by atoms with E-state index in [1.807, 2.05) is 24.5 Å². The zero-order chi connectivity index (χ0) is 11.8. The average molecular weight is 222 g/mol. The van der Waals surface area contributed by atoms with Crippen molar-refractivity contribution in [2.45, 2.75) is 13.8 Å². The van der Waals surface area contributed by atoms with Crippen molar-refractivity contribution in [1.82, 2.24) is 9.55 Å². The van der Waals surface area contributed by atoms with Crippen molar-refractivity contribution in [2.75, 3.05) is 0 Å². The molecule has 84 valence electrons. The van der Waals surface area contributed by atoms with E-state index in [-0.39, 0.29) is 0 Å². The van der Waals surface area contributed by atoms with Gasteiger partial charge in [-0.1, -0.05) is 30.3 Å². The van der Waals surface area contributed by atoms with E-state index < -0.39 is 0 Å². The van der Waals surface area contributed by atoms with Crippen LogP contribution in [0.4, 0.5) is 0 Å². The smallest absolute Gasteiger partial charge is 0.100 e. The molecule has 0 N–H and O–H groups in total. The predicted octanol–water partition coefficient (Wildman–Crippen LogP) is 3.64. The second-order valence-corrected chi connectivity index (χ2v) is 4.34. The summed E-state index contributed by atoms with van der Waals surface area (Å²) >= 11 is 0. The van der Waals surface area contributed by atoms with Crippen molar-refractivity contribution in [3.05, 3.63) is 59.9 Å². The van der Waals surface area contributed by atoms with Gasteiger partial charge in [-0.2, -0.15) is 0 Å². The largest absolute Gasteiger partial charge is 0.298 e. The van der Waals surface area contributed by atoms with E-state index in [9.17, 15) is 0 Å². The van der Waals surface area contributed by atoms with E-state index in [0.29, 0.717) is 0 Å². The van der Waals surface area contributed by atoms with Crippen molar-refractivity contribution in [3.63, 3.8) is 0 Å². The minimum absolute atomic E-state index is 1.04. The van der Waals surface area contributed by atoms with Gasteiger partial charge in [0.15, 0.2) is 0 Å². The Hall–Kier alpha value is -2.09. The van der Waals surface area contributed by atoms with Crippen LogP contribution in [0.15, 0.2) is 48.8 Å². The van der Waals surface area contributed by atoms with E-state index in [0.717, 1.165) is 11.0 Å². The summed E-state index contributed by atoms with van der Waals surface area (Å²) in [6.07, 6.45) is 1.90. The summed E-state index contributed by atoms with van der Waals surface area (Å²) in [4.78, 5) is 4.44. The summed E-state index contributed by atoms with van der Waals surface area (Å²) in [5.74, 6) is 0. The molecule has 0 spiro atoms. The van der Waals surface area contributed by atoms with Gasteiger partial charge in [0.05, 0.1) is 16.7 Å². The fourth-order valence-corrected chi connectivity index (χ4v) is 2.32. The molecule has 0 amide bonds. The second kappa shape index (κ2) is 3.74. The molecular weight excluding hydrogens is 208 g/mol. The number of nitrogens with zero attached hydrogens (tertiary/aromatic N) is 2. The van der Waals surface area contributed by atoms with Crippen molar-refractivity contribution >= 4 is 11.0 Å². The molecule has 3 rings (SSSR count). The van der Waals surface area contributed by atoms with Crippen LogP contribution in [0, 0.1) is 13.8 Å². The molecule has 0 radical (unpaired) electrons. The number of hydrogen-bond donors (Lipinski definition) is 0. The predicted molar refractivity (Wildman–Crippen MR) is 70.5 cm³/mol. The lowest BCUT2D eigenvalue weighted by atomic mass is 10.1. The highest BCUT2D eigenvalue weighted by atomic mass is 15.1. The van der Waals surface area contributed by atoms with Gasteiger partial charge >= 0.3 is 0 Å². The lowest BCUT2D eigenvalue weighted by Crippen LogP contribution is -1.98. The van der Waals surface area contributed by atoms with E-state index in [1.54, 1.807) is 0 Å². The van der Waals surface area contributed by atoms with Gasteiger partial charge in [-0.15, -0.1) is 0 Å². The van der Waals surface area contributed by atoms with E-state index in [2.05, 4.69) is 47.7 Å². The first-order valence-electron chi connectivity index (χ1n) is 5.76. The molecule has 2 aromatic carbocycles. The number of fused-ring (bicyclic) bond motifs is 1. The molecule has 1 aromatic heterocycles. The highest BCUT2D eigenvalue weighted by Crippen LogP contribution is 2.23. The van der Waals surface area contributed by atoms with Gasteiger partial charge in [0.2, 0.25) is 0 Å². The van der Waals surface area contributed by atoms with Crippen molar-refractivity contribution < 1.29 is 0 Å². The molecule has 0 aliphatic heterocycles. The highest BCUT2D eigenvalue weighted by Gasteiger charge is 2.08. The molecule has 0 aliphatic carbocycles. The van der Waals surface area contributed by atoms with E-state index >= 15 is 0 Å². The number of hydrogen-bond acceptors (Lipinski definition) is 1. The van der Waals surface area contributed by atoms with Gasteiger partial charge < -0.3 is 0 Å². The van der Waals surface area contributed by atoms with Crippen LogP contribution in [-0.4, -0.2) is 9.55 Å². The average Bonchev–Trinajstić information content (AvgIpc) is 2.73. The number of para-hydroxylation sites is 3.